The number of H-pyrrole nitrogens is 1. The van der Waals surface area contributed by atoms with Crippen LogP contribution in [0.3, 0.4) is 0 Å². The van der Waals surface area contributed by atoms with Crippen LogP contribution < -0.4 is 0 Å². The largest absolute Gasteiger partial charge is 0.296 e. The highest BCUT2D eigenvalue weighted by Crippen LogP contribution is 2.30. The van der Waals surface area contributed by atoms with E-state index >= 15 is 0 Å². The average molecular weight is 419 g/mol. The Hall–Kier alpha value is -2.83. The van der Waals surface area contributed by atoms with E-state index in [0.29, 0.717) is 10.9 Å². The van der Waals surface area contributed by atoms with Crippen molar-refractivity contribution in [2.24, 2.45) is 0 Å². The Morgan fingerprint density at radius 2 is 1.93 bits per heavy atom. The first-order valence-corrected chi connectivity index (χ1v) is 10.6. The molecule has 0 atom stereocenters. The van der Waals surface area contributed by atoms with Crippen molar-refractivity contribution in [2.75, 3.05) is 13.1 Å². The number of para-hydroxylation sites is 1. The molecule has 1 aliphatic rings. The molecule has 3 aromatic heterocycles. The number of rotatable bonds is 4. The minimum absolute atomic E-state index is 0.480. The number of aromatic nitrogens is 5. The van der Waals surface area contributed by atoms with Gasteiger partial charge in [0.05, 0.1) is 22.8 Å². The zero-order valence-electron chi connectivity index (χ0n) is 16.8. The summed E-state index contributed by atoms with van der Waals surface area (Å²) in [6.07, 6.45) is 5.60. The zero-order valence-corrected chi connectivity index (χ0v) is 17.6. The number of aromatic amines is 1. The van der Waals surface area contributed by atoms with Gasteiger partial charge in [-0.3, -0.25) is 15.0 Å². The van der Waals surface area contributed by atoms with E-state index in [1.165, 1.54) is 5.69 Å². The molecule has 0 bridgehead atoms. The highest BCUT2D eigenvalue weighted by Gasteiger charge is 2.23. The van der Waals surface area contributed by atoms with Gasteiger partial charge in [-0.15, -0.1) is 0 Å². The van der Waals surface area contributed by atoms with Crippen molar-refractivity contribution in [3.63, 3.8) is 0 Å². The molecule has 1 aliphatic heterocycles. The van der Waals surface area contributed by atoms with Crippen molar-refractivity contribution >= 4 is 22.5 Å². The summed E-state index contributed by atoms with van der Waals surface area (Å²) >= 11 is 6.06. The van der Waals surface area contributed by atoms with Crippen LogP contribution in [0.15, 0.2) is 48.8 Å². The number of nitrogens with zero attached hydrogens (tertiary/aromatic N) is 5. The zero-order chi connectivity index (χ0) is 20.5. The monoisotopic (exact) mass is 418 g/mol. The molecule has 0 amide bonds. The maximum Gasteiger partial charge on any atom is 0.143 e. The van der Waals surface area contributed by atoms with E-state index in [-0.39, 0.29) is 0 Å². The van der Waals surface area contributed by atoms with Gasteiger partial charge in [-0.1, -0.05) is 29.8 Å². The van der Waals surface area contributed by atoms with Gasteiger partial charge in [0.25, 0.3) is 0 Å². The standard InChI is InChI=1S/C23H23ClN6/c1-15-19-4-2-3-5-20(19)27-23(26-15)14-30-8-6-16(7-9-30)21-11-22(29-28-21)17-10-18(24)13-25-12-17/h2-5,10-13,16H,6-9,14H2,1H3,(H,28,29). The van der Waals surface area contributed by atoms with Crippen LogP contribution in [0.1, 0.15) is 36.0 Å². The van der Waals surface area contributed by atoms with Gasteiger partial charge in [-0.2, -0.15) is 5.10 Å². The van der Waals surface area contributed by atoms with E-state index in [0.717, 1.165) is 66.2 Å². The second-order valence-electron chi connectivity index (χ2n) is 7.89. The predicted molar refractivity (Wildman–Crippen MR) is 118 cm³/mol. The summed E-state index contributed by atoms with van der Waals surface area (Å²) in [6.45, 7) is 4.89. The van der Waals surface area contributed by atoms with Crippen molar-refractivity contribution in [2.45, 2.75) is 32.2 Å². The summed E-state index contributed by atoms with van der Waals surface area (Å²) in [5.41, 5.74) is 5.08. The number of benzene rings is 1. The predicted octanol–water partition coefficient (Wildman–Crippen LogP) is 4.76. The lowest BCUT2D eigenvalue weighted by molar-refractivity contribution is 0.199. The second-order valence-corrected chi connectivity index (χ2v) is 8.33. The fourth-order valence-corrected chi connectivity index (χ4v) is 4.39. The molecule has 1 saturated heterocycles. The molecule has 6 nitrogen and oxygen atoms in total. The first-order chi connectivity index (χ1) is 14.7. The minimum Gasteiger partial charge on any atom is -0.296 e. The van der Waals surface area contributed by atoms with E-state index in [1.54, 1.807) is 12.4 Å². The smallest absolute Gasteiger partial charge is 0.143 e. The lowest BCUT2D eigenvalue weighted by Gasteiger charge is -2.30. The van der Waals surface area contributed by atoms with Crippen LogP contribution in [-0.4, -0.2) is 43.1 Å². The van der Waals surface area contributed by atoms with Gasteiger partial charge in [-0.25, -0.2) is 9.97 Å². The molecule has 1 fully saturated rings. The van der Waals surface area contributed by atoms with Gasteiger partial charge >= 0.3 is 0 Å². The molecule has 5 rings (SSSR count). The Morgan fingerprint density at radius 3 is 2.77 bits per heavy atom. The van der Waals surface area contributed by atoms with Crippen LogP contribution >= 0.6 is 11.6 Å². The quantitative estimate of drug-likeness (QED) is 0.517. The van der Waals surface area contributed by atoms with E-state index in [9.17, 15) is 0 Å². The van der Waals surface area contributed by atoms with Crippen molar-refractivity contribution in [3.05, 3.63) is 71.0 Å². The van der Waals surface area contributed by atoms with Gasteiger partial charge in [-0.05, 0) is 51.1 Å². The maximum absolute atomic E-state index is 6.06. The van der Waals surface area contributed by atoms with Gasteiger partial charge in [0.1, 0.15) is 5.82 Å². The maximum atomic E-state index is 6.06. The molecule has 1 aromatic carbocycles. The third kappa shape index (κ3) is 3.93. The Labute approximate surface area is 180 Å². The molecule has 0 aliphatic carbocycles. The second kappa shape index (κ2) is 8.13. The van der Waals surface area contributed by atoms with Crippen molar-refractivity contribution in [1.82, 2.24) is 30.0 Å². The summed E-state index contributed by atoms with van der Waals surface area (Å²) in [7, 11) is 0. The fraction of sp³-hybridized carbons (Fsp3) is 0.304. The first-order valence-electron chi connectivity index (χ1n) is 10.3. The van der Waals surface area contributed by atoms with Crippen LogP contribution in [0.2, 0.25) is 5.02 Å². The van der Waals surface area contributed by atoms with E-state index in [1.807, 2.05) is 18.2 Å². The molecule has 30 heavy (non-hydrogen) atoms. The number of hydrogen-bond acceptors (Lipinski definition) is 5. The number of nitrogens with one attached hydrogen (secondary N) is 1. The third-order valence-corrected chi connectivity index (χ3v) is 6.04. The summed E-state index contributed by atoms with van der Waals surface area (Å²) in [5, 5.41) is 9.44. The normalized spacial score (nSPS) is 15.7. The van der Waals surface area contributed by atoms with Crippen LogP contribution in [-0.2, 0) is 6.54 Å². The van der Waals surface area contributed by atoms with Gasteiger partial charge in [0, 0.05) is 40.6 Å². The lowest BCUT2D eigenvalue weighted by atomic mass is 9.93. The molecular formula is C23H23ClN6. The summed E-state index contributed by atoms with van der Waals surface area (Å²) in [5.74, 6) is 1.39. The molecule has 152 valence electrons. The van der Waals surface area contributed by atoms with E-state index < -0.39 is 0 Å². The fourth-order valence-electron chi connectivity index (χ4n) is 4.21. The van der Waals surface area contributed by atoms with Crippen molar-refractivity contribution in [3.8, 4) is 11.3 Å². The SMILES string of the molecule is Cc1nc(CN2CCC(c3cc(-c4cncc(Cl)c4)n[nH]3)CC2)nc2ccccc12. The summed E-state index contributed by atoms with van der Waals surface area (Å²) < 4.78 is 0. The van der Waals surface area contributed by atoms with Gasteiger partial charge in [0.15, 0.2) is 0 Å². The van der Waals surface area contributed by atoms with Crippen LogP contribution in [0.4, 0.5) is 0 Å². The summed E-state index contributed by atoms with van der Waals surface area (Å²) in [6, 6.07) is 12.2. The van der Waals surface area contributed by atoms with Crippen LogP contribution in [0, 0.1) is 6.92 Å². The highest BCUT2D eigenvalue weighted by atomic mass is 35.5. The molecule has 4 aromatic rings. The number of piperidine rings is 1. The molecule has 0 saturated carbocycles. The van der Waals surface area contributed by atoms with Crippen molar-refractivity contribution in [1.29, 1.82) is 0 Å². The molecular weight excluding hydrogens is 396 g/mol. The molecule has 7 heteroatoms. The molecule has 1 N–H and O–H groups in total. The highest BCUT2D eigenvalue weighted by molar-refractivity contribution is 6.30. The van der Waals surface area contributed by atoms with E-state index in [2.05, 4.69) is 45.2 Å². The Kier molecular flexibility index (Phi) is 5.19. The Balaban J connectivity index is 1.24. The number of likely N-dealkylation sites (tertiary alicyclic amines) is 1. The minimum atomic E-state index is 0.480. The van der Waals surface area contributed by atoms with Crippen LogP contribution in [0.25, 0.3) is 22.2 Å². The van der Waals surface area contributed by atoms with Gasteiger partial charge in [0.2, 0.25) is 0 Å². The number of halogens is 1. The van der Waals surface area contributed by atoms with Crippen molar-refractivity contribution < 1.29 is 0 Å². The number of hydrogen-bond donors (Lipinski definition) is 1. The topological polar surface area (TPSA) is 70.6 Å². The average Bonchev–Trinajstić information content (AvgIpc) is 3.25. The third-order valence-electron chi connectivity index (χ3n) is 5.83. The van der Waals surface area contributed by atoms with Crippen LogP contribution in [0.5, 0.6) is 0 Å². The molecule has 0 unspecified atom stereocenters. The lowest BCUT2D eigenvalue weighted by Crippen LogP contribution is -2.33. The Morgan fingerprint density at radius 1 is 1.10 bits per heavy atom. The van der Waals surface area contributed by atoms with Gasteiger partial charge < -0.3 is 0 Å². The molecule has 4 heterocycles. The molecule has 0 radical (unpaired) electrons. The molecule has 0 spiro atoms. The Bertz CT molecular complexity index is 1180. The number of fused-ring (bicyclic) bond motifs is 1. The number of aryl methyl sites for hydroxylation is 1. The first kappa shape index (κ1) is 19.2. The number of pyridine rings is 1. The summed E-state index contributed by atoms with van der Waals surface area (Å²) in [4.78, 5) is 16.1. The van der Waals surface area contributed by atoms with E-state index in [4.69, 9.17) is 21.6 Å².